The number of benzene rings is 3. The zero-order valence-electron chi connectivity index (χ0n) is 22.3. The second-order valence-electron chi connectivity index (χ2n) is 9.22. The first-order valence-electron chi connectivity index (χ1n) is 13.0. The van der Waals surface area contributed by atoms with Gasteiger partial charge in [-0.05, 0) is 56.0 Å². The van der Waals surface area contributed by atoms with Crippen molar-refractivity contribution in [3.63, 3.8) is 0 Å². The van der Waals surface area contributed by atoms with Crippen molar-refractivity contribution in [2.24, 2.45) is 0 Å². The lowest BCUT2D eigenvalue weighted by molar-refractivity contribution is -0.139. The molecule has 0 heterocycles. The number of para-hydroxylation sites is 1. The number of sulfonamides is 1. The van der Waals surface area contributed by atoms with Crippen LogP contribution in [0.3, 0.4) is 0 Å². The summed E-state index contributed by atoms with van der Waals surface area (Å²) in [7, 11) is -4.04. The van der Waals surface area contributed by atoms with Crippen LogP contribution in [0.5, 0.6) is 0 Å². The minimum absolute atomic E-state index is 0.0399. The lowest BCUT2D eigenvalue weighted by atomic mass is 10.1. The molecule has 8 heteroatoms. The molecule has 3 rings (SSSR count). The third kappa shape index (κ3) is 7.44. The fraction of sp³-hybridized carbons (Fsp3) is 0.333. The normalized spacial score (nSPS) is 12.8. The van der Waals surface area contributed by atoms with Crippen LogP contribution in [-0.2, 0) is 26.0 Å². The minimum Gasteiger partial charge on any atom is -0.352 e. The topological polar surface area (TPSA) is 86.8 Å². The van der Waals surface area contributed by atoms with Crippen LogP contribution in [0.25, 0.3) is 0 Å². The number of nitrogens with one attached hydrogen (secondary N) is 1. The lowest BCUT2D eigenvalue weighted by Gasteiger charge is -2.33. The maximum Gasteiger partial charge on any atom is 0.264 e. The van der Waals surface area contributed by atoms with E-state index in [2.05, 4.69) is 5.32 Å². The second-order valence-corrected chi connectivity index (χ2v) is 11.1. The fourth-order valence-corrected chi connectivity index (χ4v) is 5.61. The van der Waals surface area contributed by atoms with Crippen molar-refractivity contribution in [1.29, 1.82) is 0 Å². The molecule has 0 aromatic heterocycles. The molecule has 0 aliphatic heterocycles. The van der Waals surface area contributed by atoms with Crippen LogP contribution in [0.15, 0.2) is 95.9 Å². The number of carbonyl (C=O) groups is 2. The fourth-order valence-electron chi connectivity index (χ4n) is 4.18. The van der Waals surface area contributed by atoms with E-state index >= 15 is 0 Å². The molecule has 0 bridgehead atoms. The average molecular weight is 536 g/mol. The van der Waals surface area contributed by atoms with E-state index in [-0.39, 0.29) is 23.4 Å². The zero-order valence-corrected chi connectivity index (χ0v) is 23.1. The van der Waals surface area contributed by atoms with Crippen LogP contribution >= 0.6 is 0 Å². The molecule has 3 aromatic carbocycles. The van der Waals surface area contributed by atoms with Gasteiger partial charge >= 0.3 is 0 Å². The van der Waals surface area contributed by atoms with E-state index in [1.165, 1.54) is 17.0 Å². The molecule has 0 aliphatic carbocycles. The maximum atomic E-state index is 13.9. The van der Waals surface area contributed by atoms with Gasteiger partial charge in [-0.3, -0.25) is 13.9 Å². The molecule has 0 spiro atoms. The summed E-state index contributed by atoms with van der Waals surface area (Å²) in [6.07, 6.45) is 1.70. The molecular formula is C30H37N3O4S. The number of hydrogen-bond acceptors (Lipinski definition) is 4. The first-order chi connectivity index (χ1) is 18.3. The molecule has 38 heavy (non-hydrogen) atoms. The van der Waals surface area contributed by atoms with Gasteiger partial charge in [-0.15, -0.1) is 0 Å². The summed E-state index contributed by atoms with van der Waals surface area (Å²) in [6.45, 7) is 5.62. The Bertz CT molecular complexity index is 1270. The van der Waals surface area contributed by atoms with Gasteiger partial charge in [0.15, 0.2) is 0 Å². The SMILES string of the molecule is CC[C@@H](C)NC(=O)[C@H](CC)N(CCc1ccccc1)C(=O)CN(c1ccccc1)S(=O)(=O)c1ccccc1. The van der Waals surface area contributed by atoms with Crippen molar-refractivity contribution in [3.8, 4) is 0 Å². The van der Waals surface area contributed by atoms with E-state index in [4.69, 9.17) is 0 Å². The summed E-state index contributed by atoms with van der Waals surface area (Å²) in [6, 6.07) is 25.6. The minimum atomic E-state index is -4.04. The highest BCUT2D eigenvalue weighted by Crippen LogP contribution is 2.24. The number of nitrogens with zero attached hydrogens (tertiary/aromatic N) is 2. The Morgan fingerprint density at radius 1 is 0.816 bits per heavy atom. The predicted octanol–water partition coefficient (Wildman–Crippen LogP) is 4.65. The lowest BCUT2D eigenvalue weighted by Crippen LogP contribution is -2.54. The molecule has 0 aliphatic rings. The Labute approximate surface area is 226 Å². The largest absolute Gasteiger partial charge is 0.352 e. The molecule has 0 unspecified atom stereocenters. The number of rotatable bonds is 13. The number of carbonyl (C=O) groups excluding carboxylic acids is 2. The van der Waals surface area contributed by atoms with E-state index < -0.39 is 28.5 Å². The number of anilines is 1. The van der Waals surface area contributed by atoms with Crippen LogP contribution in [0.4, 0.5) is 5.69 Å². The average Bonchev–Trinajstić information content (AvgIpc) is 2.95. The van der Waals surface area contributed by atoms with Crippen molar-refractivity contribution in [1.82, 2.24) is 10.2 Å². The van der Waals surface area contributed by atoms with Crippen LogP contribution in [-0.4, -0.2) is 50.3 Å². The Hall–Kier alpha value is -3.65. The van der Waals surface area contributed by atoms with E-state index in [9.17, 15) is 18.0 Å². The first kappa shape index (κ1) is 28.9. The van der Waals surface area contributed by atoms with E-state index in [0.717, 1.165) is 16.3 Å². The van der Waals surface area contributed by atoms with Crippen LogP contribution < -0.4 is 9.62 Å². The van der Waals surface area contributed by atoms with E-state index in [1.807, 2.05) is 51.1 Å². The van der Waals surface area contributed by atoms with Gasteiger partial charge in [0, 0.05) is 12.6 Å². The highest BCUT2D eigenvalue weighted by atomic mass is 32.2. The quantitative estimate of drug-likeness (QED) is 0.345. The Morgan fingerprint density at radius 2 is 1.37 bits per heavy atom. The summed E-state index contributed by atoms with van der Waals surface area (Å²) in [4.78, 5) is 28.8. The molecule has 0 radical (unpaired) electrons. The van der Waals surface area contributed by atoms with Gasteiger partial charge in [0.1, 0.15) is 12.6 Å². The molecular weight excluding hydrogens is 498 g/mol. The van der Waals surface area contributed by atoms with Crippen molar-refractivity contribution in [2.45, 2.75) is 57.0 Å². The molecule has 2 atom stereocenters. The van der Waals surface area contributed by atoms with Gasteiger partial charge in [0.2, 0.25) is 11.8 Å². The molecule has 0 saturated carbocycles. The Balaban J connectivity index is 1.96. The van der Waals surface area contributed by atoms with E-state index in [1.54, 1.807) is 48.5 Å². The van der Waals surface area contributed by atoms with Gasteiger partial charge in [0.25, 0.3) is 10.0 Å². The van der Waals surface area contributed by atoms with Crippen LogP contribution in [0.1, 0.15) is 39.2 Å². The van der Waals surface area contributed by atoms with Gasteiger partial charge in [0.05, 0.1) is 10.6 Å². The number of hydrogen-bond donors (Lipinski definition) is 1. The highest BCUT2D eigenvalue weighted by molar-refractivity contribution is 7.92. The summed E-state index contributed by atoms with van der Waals surface area (Å²) in [5.41, 5.74) is 1.41. The van der Waals surface area contributed by atoms with Gasteiger partial charge < -0.3 is 10.2 Å². The predicted molar refractivity (Wildman–Crippen MR) is 151 cm³/mol. The van der Waals surface area contributed by atoms with Gasteiger partial charge in [-0.1, -0.05) is 80.6 Å². The van der Waals surface area contributed by atoms with Crippen molar-refractivity contribution < 1.29 is 18.0 Å². The molecule has 2 amide bonds. The molecule has 3 aromatic rings. The Morgan fingerprint density at radius 3 is 1.92 bits per heavy atom. The van der Waals surface area contributed by atoms with Gasteiger partial charge in [-0.25, -0.2) is 8.42 Å². The summed E-state index contributed by atoms with van der Waals surface area (Å²) < 4.78 is 28.5. The maximum absolute atomic E-state index is 13.9. The summed E-state index contributed by atoms with van der Waals surface area (Å²) >= 11 is 0. The third-order valence-electron chi connectivity index (χ3n) is 6.53. The van der Waals surface area contributed by atoms with Crippen molar-refractivity contribution in [3.05, 3.63) is 96.6 Å². The molecule has 202 valence electrons. The molecule has 0 saturated heterocycles. The smallest absolute Gasteiger partial charge is 0.264 e. The van der Waals surface area contributed by atoms with Crippen LogP contribution in [0, 0.1) is 0 Å². The zero-order chi connectivity index (χ0) is 27.5. The summed E-state index contributed by atoms with van der Waals surface area (Å²) in [5.74, 6) is -0.670. The first-order valence-corrected chi connectivity index (χ1v) is 14.5. The summed E-state index contributed by atoms with van der Waals surface area (Å²) in [5, 5.41) is 2.99. The standard InChI is InChI=1S/C30H37N3O4S/c1-4-24(3)31-30(35)28(5-2)32(22-21-25-15-9-6-10-16-25)29(34)23-33(26-17-11-7-12-18-26)38(36,37)27-19-13-8-14-20-27/h6-20,24,28H,4-5,21-23H2,1-3H3,(H,31,35)/t24-,28+/m1/s1. The highest BCUT2D eigenvalue weighted by Gasteiger charge is 2.33. The monoisotopic (exact) mass is 535 g/mol. The number of amides is 2. The third-order valence-corrected chi connectivity index (χ3v) is 8.31. The molecule has 1 N–H and O–H groups in total. The molecule has 7 nitrogen and oxygen atoms in total. The van der Waals surface area contributed by atoms with E-state index in [0.29, 0.717) is 18.5 Å². The Kier molecular flexibility index (Phi) is 10.5. The van der Waals surface area contributed by atoms with Crippen LogP contribution in [0.2, 0.25) is 0 Å². The van der Waals surface area contributed by atoms with Crippen molar-refractivity contribution in [2.75, 3.05) is 17.4 Å². The second kappa shape index (κ2) is 13.8. The van der Waals surface area contributed by atoms with Crippen molar-refractivity contribution >= 4 is 27.5 Å². The molecule has 0 fully saturated rings. The van der Waals surface area contributed by atoms with Gasteiger partial charge in [-0.2, -0.15) is 0 Å².